The lowest BCUT2D eigenvalue weighted by Crippen LogP contribution is -2.43. The molecule has 0 aliphatic carbocycles. The fourth-order valence-electron chi connectivity index (χ4n) is 2.30. The highest BCUT2D eigenvalue weighted by Crippen LogP contribution is 2.22. The first kappa shape index (κ1) is 22.8. The van der Waals surface area contributed by atoms with Crippen LogP contribution in [0, 0.1) is 10.1 Å². The molecule has 0 aliphatic heterocycles. The summed E-state index contributed by atoms with van der Waals surface area (Å²) < 4.78 is 37.2. The van der Waals surface area contributed by atoms with Gasteiger partial charge in [-0.05, 0) is 37.3 Å². The molecule has 2 rings (SSSR count). The molecule has 0 spiro atoms. The molecular weight excluding hydrogens is 416 g/mol. The Bertz CT molecular complexity index is 1050. The standard InChI is InChI=1S/C18H20N4O7S/c1-12(21-30(26,27)16-7-4-14(5-8-16)22(24)25)18(23)20-19-11-13-10-15(28-2)6-9-17(13)29-3/h4-12,21H,1-3H3,(H,20,23)/b19-11-/t12-/m1/s1. The second-order valence-electron chi connectivity index (χ2n) is 5.94. The number of nitrogens with one attached hydrogen (secondary N) is 2. The van der Waals surface area contributed by atoms with Crippen molar-refractivity contribution in [3.05, 3.63) is 58.1 Å². The van der Waals surface area contributed by atoms with E-state index in [1.54, 1.807) is 18.2 Å². The van der Waals surface area contributed by atoms with Crippen molar-refractivity contribution in [3.8, 4) is 11.5 Å². The Labute approximate surface area is 172 Å². The predicted octanol–water partition coefficient (Wildman–Crippen LogP) is 1.43. The van der Waals surface area contributed by atoms with E-state index in [0.717, 1.165) is 24.3 Å². The van der Waals surface area contributed by atoms with E-state index >= 15 is 0 Å². The molecule has 0 heterocycles. The molecule has 0 aliphatic rings. The summed E-state index contributed by atoms with van der Waals surface area (Å²) >= 11 is 0. The zero-order chi connectivity index (χ0) is 22.3. The van der Waals surface area contributed by atoms with Gasteiger partial charge in [-0.1, -0.05) is 0 Å². The molecule has 0 unspecified atom stereocenters. The minimum atomic E-state index is -4.07. The first-order valence-electron chi connectivity index (χ1n) is 8.49. The molecule has 1 atom stereocenters. The first-order valence-corrected chi connectivity index (χ1v) is 9.98. The van der Waals surface area contributed by atoms with Crippen molar-refractivity contribution < 1.29 is 27.6 Å². The number of rotatable bonds is 9. The molecule has 160 valence electrons. The van der Waals surface area contributed by atoms with Gasteiger partial charge in [0.25, 0.3) is 11.6 Å². The number of methoxy groups -OCH3 is 2. The van der Waals surface area contributed by atoms with E-state index in [2.05, 4.69) is 15.2 Å². The van der Waals surface area contributed by atoms with Gasteiger partial charge in [-0.15, -0.1) is 0 Å². The van der Waals surface area contributed by atoms with Gasteiger partial charge in [-0.3, -0.25) is 14.9 Å². The molecule has 0 saturated carbocycles. The van der Waals surface area contributed by atoms with Gasteiger partial charge in [0.2, 0.25) is 10.0 Å². The second kappa shape index (κ2) is 9.80. The number of nitrogens with zero attached hydrogens (tertiary/aromatic N) is 2. The fraction of sp³-hybridized carbons (Fsp3) is 0.222. The number of carbonyl (C=O) groups is 1. The second-order valence-corrected chi connectivity index (χ2v) is 7.65. The molecule has 0 radical (unpaired) electrons. The SMILES string of the molecule is COc1ccc(OC)c(/C=N\NC(=O)[C@@H](C)NS(=O)(=O)c2ccc([N+](=O)[O-])cc2)c1. The fourth-order valence-corrected chi connectivity index (χ4v) is 3.51. The smallest absolute Gasteiger partial charge is 0.269 e. The lowest BCUT2D eigenvalue weighted by molar-refractivity contribution is -0.384. The summed E-state index contributed by atoms with van der Waals surface area (Å²) in [6.07, 6.45) is 1.33. The van der Waals surface area contributed by atoms with Crippen LogP contribution in [0.5, 0.6) is 11.5 Å². The summed E-state index contributed by atoms with van der Waals surface area (Å²) in [5.74, 6) is 0.354. The van der Waals surface area contributed by atoms with E-state index in [1.165, 1.54) is 27.4 Å². The number of hydrogen-bond acceptors (Lipinski definition) is 8. The molecule has 12 heteroatoms. The summed E-state index contributed by atoms with van der Waals surface area (Å²) in [7, 11) is -1.08. The van der Waals surface area contributed by atoms with Crippen molar-refractivity contribution in [3.63, 3.8) is 0 Å². The van der Waals surface area contributed by atoms with Gasteiger partial charge in [0.05, 0.1) is 36.3 Å². The van der Waals surface area contributed by atoms with Crippen LogP contribution < -0.4 is 19.6 Å². The third-order valence-corrected chi connectivity index (χ3v) is 5.45. The Balaban J connectivity index is 2.04. The molecule has 0 aromatic heterocycles. The zero-order valence-electron chi connectivity index (χ0n) is 16.4. The van der Waals surface area contributed by atoms with Crippen LogP contribution in [-0.4, -0.2) is 45.7 Å². The molecule has 0 bridgehead atoms. The van der Waals surface area contributed by atoms with Crippen molar-refractivity contribution in [1.82, 2.24) is 10.1 Å². The topological polar surface area (TPSA) is 149 Å². The predicted molar refractivity (Wildman–Crippen MR) is 108 cm³/mol. The van der Waals surface area contributed by atoms with Gasteiger partial charge in [0.15, 0.2) is 0 Å². The first-order chi connectivity index (χ1) is 14.2. The van der Waals surface area contributed by atoms with Gasteiger partial charge in [0.1, 0.15) is 11.5 Å². The van der Waals surface area contributed by atoms with E-state index in [1.807, 2.05) is 0 Å². The van der Waals surface area contributed by atoms with E-state index in [4.69, 9.17) is 9.47 Å². The zero-order valence-corrected chi connectivity index (χ0v) is 17.2. The molecule has 2 N–H and O–H groups in total. The number of hydrogen-bond donors (Lipinski definition) is 2. The van der Waals surface area contributed by atoms with E-state index < -0.39 is 26.9 Å². The number of nitro benzene ring substituents is 1. The minimum Gasteiger partial charge on any atom is -0.497 e. The third-order valence-electron chi connectivity index (χ3n) is 3.90. The maximum atomic E-state index is 12.3. The monoisotopic (exact) mass is 436 g/mol. The van der Waals surface area contributed by atoms with Gasteiger partial charge >= 0.3 is 0 Å². The summed E-state index contributed by atoms with van der Waals surface area (Å²) in [5, 5.41) is 14.5. The van der Waals surface area contributed by atoms with Crippen LogP contribution in [-0.2, 0) is 14.8 Å². The van der Waals surface area contributed by atoms with Crippen molar-refractivity contribution in [2.24, 2.45) is 5.10 Å². The molecule has 1 amide bonds. The number of amides is 1. The molecule has 0 saturated heterocycles. The van der Waals surface area contributed by atoms with Crippen LogP contribution in [0.1, 0.15) is 12.5 Å². The number of sulfonamides is 1. The number of ether oxygens (including phenoxy) is 2. The van der Waals surface area contributed by atoms with Crippen LogP contribution in [0.3, 0.4) is 0 Å². The van der Waals surface area contributed by atoms with E-state index in [9.17, 15) is 23.3 Å². The van der Waals surface area contributed by atoms with Gasteiger partial charge in [-0.25, -0.2) is 13.8 Å². The molecule has 30 heavy (non-hydrogen) atoms. The van der Waals surface area contributed by atoms with E-state index in [-0.39, 0.29) is 10.6 Å². The largest absolute Gasteiger partial charge is 0.497 e. The highest BCUT2D eigenvalue weighted by atomic mass is 32.2. The highest BCUT2D eigenvalue weighted by molar-refractivity contribution is 7.89. The Kier molecular flexibility index (Phi) is 7.44. The van der Waals surface area contributed by atoms with Crippen LogP contribution in [0.2, 0.25) is 0 Å². The van der Waals surface area contributed by atoms with Crippen molar-refractivity contribution in [2.75, 3.05) is 14.2 Å². The lowest BCUT2D eigenvalue weighted by atomic mass is 10.2. The number of non-ortho nitro benzene ring substituents is 1. The van der Waals surface area contributed by atoms with Crippen LogP contribution >= 0.6 is 0 Å². The number of nitro groups is 1. The van der Waals surface area contributed by atoms with Gasteiger partial charge in [-0.2, -0.15) is 9.82 Å². The molecule has 11 nitrogen and oxygen atoms in total. The summed E-state index contributed by atoms with van der Waals surface area (Å²) in [5.41, 5.74) is 2.53. The van der Waals surface area contributed by atoms with Crippen LogP contribution in [0.4, 0.5) is 5.69 Å². The average Bonchev–Trinajstić information content (AvgIpc) is 2.73. The Morgan fingerprint density at radius 1 is 1.17 bits per heavy atom. The molecular formula is C18H20N4O7S. The van der Waals surface area contributed by atoms with Crippen molar-refractivity contribution in [1.29, 1.82) is 0 Å². The maximum Gasteiger partial charge on any atom is 0.269 e. The summed E-state index contributed by atoms with van der Waals surface area (Å²) in [6.45, 7) is 1.33. The molecule has 2 aromatic rings. The summed E-state index contributed by atoms with van der Waals surface area (Å²) in [6, 6.07) is 8.14. The Morgan fingerprint density at radius 2 is 1.83 bits per heavy atom. The lowest BCUT2D eigenvalue weighted by Gasteiger charge is -2.12. The third kappa shape index (κ3) is 5.75. The number of benzene rings is 2. The molecule has 0 fully saturated rings. The number of hydrazone groups is 1. The van der Waals surface area contributed by atoms with Crippen LogP contribution in [0.15, 0.2) is 52.5 Å². The Morgan fingerprint density at radius 3 is 2.40 bits per heavy atom. The van der Waals surface area contributed by atoms with Crippen molar-refractivity contribution >= 4 is 27.8 Å². The molecule has 2 aromatic carbocycles. The van der Waals surface area contributed by atoms with Crippen LogP contribution in [0.25, 0.3) is 0 Å². The van der Waals surface area contributed by atoms with Crippen molar-refractivity contribution in [2.45, 2.75) is 17.9 Å². The minimum absolute atomic E-state index is 0.211. The van der Waals surface area contributed by atoms with Gasteiger partial charge in [0, 0.05) is 17.7 Å². The quantitative estimate of drug-likeness (QED) is 0.343. The average molecular weight is 436 g/mol. The normalized spacial score (nSPS) is 12.4. The van der Waals surface area contributed by atoms with Gasteiger partial charge < -0.3 is 9.47 Å². The summed E-state index contributed by atoms with van der Waals surface area (Å²) in [4.78, 5) is 22.0. The Hall–Kier alpha value is -3.51. The maximum absolute atomic E-state index is 12.3. The number of carbonyl (C=O) groups excluding carboxylic acids is 1. The highest BCUT2D eigenvalue weighted by Gasteiger charge is 2.22. The van der Waals surface area contributed by atoms with E-state index in [0.29, 0.717) is 17.1 Å².